The van der Waals surface area contributed by atoms with Crippen LogP contribution in [-0.4, -0.2) is 42.1 Å². The van der Waals surface area contributed by atoms with E-state index in [-0.39, 0.29) is 0 Å². The van der Waals surface area contributed by atoms with Crippen molar-refractivity contribution in [1.29, 1.82) is 0 Å². The quantitative estimate of drug-likeness (QED) is 0.836. The molecule has 0 bridgehead atoms. The summed E-state index contributed by atoms with van der Waals surface area (Å²) in [5.74, 6) is 2.12. The summed E-state index contributed by atoms with van der Waals surface area (Å²) < 4.78 is 0. The highest BCUT2D eigenvalue weighted by atomic mass is 15.3. The molecule has 0 amide bonds. The summed E-state index contributed by atoms with van der Waals surface area (Å²) in [6.07, 6.45) is 0. The molecule has 0 spiro atoms. The second-order valence-electron chi connectivity index (χ2n) is 4.69. The van der Waals surface area contributed by atoms with Gasteiger partial charge in [0.2, 0.25) is 11.9 Å². The molecule has 106 valence electrons. The van der Waals surface area contributed by atoms with Gasteiger partial charge in [0.25, 0.3) is 0 Å². The monoisotopic (exact) mass is 271 g/mol. The summed E-state index contributed by atoms with van der Waals surface area (Å²) in [4.78, 5) is 17.7. The van der Waals surface area contributed by atoms with Gasteiger partial charge in [0, 0.05) is 32.7 Å². The molecule has 5 nitrogen and oxygen atoms in total. The van der Waals surface area contributed by atoms with Gasteiger partial charge in [-0.3, -0.25) is 0 Å². The van der Waals surface area contributed by atoms with Gasteiger partial charge in [-0.05, 0) is 13.8 Å². The molecule has 0 radical (unpaired) electrons. The zero-order valence-corrected chi connectivity index (χ0v) is 12.5. The van der Waals surface area contributed by atoms with Crippen molar-refractivity contribution in [1.82, 2.24) is 15.0 Å². The number of anilines is 2. The van der Waals surface area contributed by atoms with E-state index in [0.717, 1.165) is 24.6 Å². The minimum Gasteiger partial charge on any atom is -0.347 e. The van der Waals surface area contributed by atoms with Crippen molar-refractivity contribution in [2.75, 3.05) is 37.0 Å². The Morgan fingerprint density at radius 1 is 0.850 bits per heavy atom. The van der Waals surface area contributed by atoms with Gasteiger partial charge in [0.05, 0.1) is 0 Å². The number of rotatable bonds is 5. The number of benzene rings is 1. The lowest BCUT2D eigenvalue weighted by atomic mass is 10.2. The Bertz CT molecular complexity index is 549. The first-order valence-corrected chi connectivity index (χ1v) is 6.89. The third-order valence-corrected chi connectivity index (χ3v) is 3.09. The normalized spacial score (nSPS) is 10.4. The molecule has 0 saturated heterocycles. The Hall–Kier alpha value is -2.17. The first-order chi connectivity index (χ1) is 9.65. The molecule has 0 aliphatic rings. The predicted octanol–water partition coefficient (Wildman–Crippen LogP) is 2.45. The Labute approximate surface area is 120 Å². The van der Waals surface area contributed by atoms with Crippen LogP contribution in [0.2, 0.25) is 0 Å². The van der Waals surface area contributed by atoms with E-state index >= 15 is 0 Å². The van der Waals surface area contributed by atoms with Crippen molar-refractivity contribution in [2.45, 2.75) is 13.8 Å². The number of hydrogen-bond donors (Lipinski definition) is 0. The second kappa shape index (κ2) is 6.32. The van der Waals surface area contributed by atoms with Gasteiger partial charge in [-0.1, -0.05) is 30.3 Å². The van der Waals surface area contributed by atoms with Gasteiger partial charge in [-0.25, -0.2) is 0 Å². The molecular weight excluding hydrogens is 250 g/mol. The smallest absolute Gasteiger partial charge is 0.230 e. The lowest BCUT2D eigenvalue weighted by Gasteiger charge is -2.21. The fourth-order valence-electron chi connectivity index (χ4n) is 1.92. The summed E-state index contributed by atoms with van der Waals surface area (Å²) >= 11 is 0. The van der Waals surface area contributed by atoms with Crippen molar-refractivity contribution in [3.8, 4) is 11.4 Å². The predicted molar refractivity (Wildman–Crippen MR) is 83.2 cm³/mol. The van der Waals surface area contributed by atoms with E-state index in [2.05, 4.69) is 33.7 Å². The maximum absolute atomic E-state index is 4.61. The van der Waals surface area contributed by atoms with Crippen molar-refractivity contribution in [3.63, 3.8) is 0 Å². The molecule has 2 rings (SSSR count). The number of nitrogens with zero attached hydrogens (tertiary/aromatic N) is 5. The zero-order chi connectivity index (χ0) is 14.5. The fraction of sp³-hybridized carbons (Fsp3) is 0.400. The van der Waals surface area contributed by atoms with E-state index in [4.69, 9.17) is 0 Å². The molecule has 1 aromatic carbocycles. The summed E-state index contributed by atoms with van der Waals surface area (Å²) in [5.41, 5.74) is 1.01. The average molecular weight is 271 g/mol. The Morgan fingerprint density at radius 2 is 1.45 bits per heavy atom. The third kappa shape index (κ3) is 3.04. The Kier molecular flexibility index (Phi) is 4.50. The molecule has 5 heteroatoms. The molecule has 0 N–H and O–H groups in total. The van der Waals surface area contributed by atoms with Crippen LogP contribution < -0.4 is 9.80 Å². The van der Waals surface area contributed by atoms with E-state index < -0.39 is 0 Å². The van der Waals surface area contributed by atoms with Crippen molar-refractivity contribution in [3.05, 3.63) is 30.3 Å². The highest BCUT2D eigenvalue weighted by molar-refractivity contribution is 5.58. The van der Waals surface area contributed by atoms with E-state index in [0.29, 0.717) is 11.8 Å². The van der Waals surface area contributed by atoms with Crippen LogP contribution in [0.5, 0.6) is 0 Å². The van der Waals surface area contributed by atoms with E-state index in [1.165, 1.54) is 0 Å². The Balaban J connectivity index is 2.52. The summed E-state index contributed by atoms with van der Waals surface area (Å²) in [5, 5.41) is 0. The molecule has 20 heavy (non-hydrogen) atoms. The second-order valence-corrected chi connectivity index (χ2v) is 4.69. The van der Waals surface area contributed by atoms with Crippen LogP contribution in [-0.2, 0) is 0 Å². The molecule has 1 aromatic heterocycles. The molecule has 2 aromatic rings. The van der Waals surface area contributed by atoms with Gasteiger partial charge in [-0.15, -0.1) is 0 Å². The molecule has 0 aliphatic heterocycles. The maximum Gasteiger partial charge on any atom is 0.230 e. The highest BCUT2D eigenvalue weighted by Gasteiger charge is 2.13. The summed E-state index contributed by atoms with van der Waals surface area (Å²) in [7, 11) is 3.88. The zero-order valence-electron chi connectivity index (χ0n) is 12.5. The Morgan fingerprint density at radius 3 is 2.00 bits per heavy atom. The molecule has 0 unspecified atom stereocenters. The van der Waals surface area contributed by atoms with E-state index in [1.54, 1.807) is 0 Å². The SMILES string of the molecule is CCN(CC)c1nc(-c2ccccc2)nc(N(C)C)n1. The van der Waals surface area contributed by atoms with Crippen LogP contribution in [0.15, 0.2) is 30.3 Å². The van der Waals surface area contributed by atoms with Crippen molar-refractivity contribution in [2.24, 2.45) is 0 Å². The van der Waals surface area contributed by atoms with Gasteiger partial charge in [-0.2, -0.15) is 15.0 Å². The maximum atomic E-state index is 4.61. The van der Waals surface area contributed by atoms with Gasteiger partial charge in [0.1, 0.15) is 0 Å². The average Bonchev–Trinajstić information content (AvgIpc) is 2.49. The minimum atomic E-state index is 0.681. The van der Waals surface area contributed by atoms with Crippen molar-refractivity contribution < 1.29 is 0 Å². The van der Waals surface area contributed by atoms with Gasteiger partial charge < -0.3 is 9.80 Å². The fourth-order valence-corrected chi connectivity index (χ4v) is 1.92. The minimum absolute atomic E-state index is 0.681. The highest BCUT2D eigenvalue weighted by Crippen LogP contribution is 2.20. The molecule has 0 atom stereocenters. The molecule has 0 fully saturated rings. The van der Waals surface area contributed by atoms with Crippen LogP contribution in [0, 0.1) is 0 Å². The largest absolute Gasteiger partial charge is 0.347 e. The van der Waals surface area contributed by atoms with Crippen LogP contribution in [0.4, 0.5) is 11.9 Å². The van der Waals surface area contributed by atoms with E-state index in [1.807, 2.05) is 49.3 Å². The molecular formula is C15H21N5. The van der Waals surface area contributed by atoms with Crippen molar-refractivity contribution >= 4 is 11.9 Å². The van der Waals surface area contributed by atoms with Crippen LogP contribution in [0.1, 0.15) is 13.8 Å². The topological polar surface area (TPSA) is 45.2 Å². The van der Waals surface area contributed by atoms with Gasteiger partial charge in [0.15, 0.2) is 5.82 Å². The molecule has 0 aliphatic carbocycles. The van der Waals surface area contributed by atoms with Gasteiger partial charge >= 0.3 is 0 Å². The van der Waals surface area contributed by atoms with Crippen LogP contribution in [0.25, 0.3) is 11.4 Å². The lowest BCUT2D eigenvalue weighted by molar-refractivity contribution is 0.808. The number of hydrogen-bond acceptors (Lipinski definition) is 5. The van der Waals surface area contributed by atoms with Crippen LogP contribution >= 0.6 is 0 Å². The first-order valence-electron chi connectivity index (χ1n) is 6.89. The summed E-state index contributed by atoms with van der Waals surface area (Å²) in [6.45, 7) is 5.96. The van der Waals surface area contributed by atoms with E-state index in [9.17, 15) is 0 Å². The molecule has 0 saturated carbocycles. The number of aromatic nitrogens is 3. The molecule has 1 heterocycles. The lowest BCUT2D eigenvalue weighted by Crippen LogP contribution is -2.26. The standard InChI is InChI=1S/C15H21N5/c1-5-20(6-2)15-17-13(12-10-8-7-9-11-12)16-14(18-15)19(3)4/h7-11H,5-6H2,1-4H3. The van der Waals surface area contributed by atoms with Crippen LogP contribution in [0.3, 0.4) is 0 Å². The first kappa shape index (κ1) is 14.2. The third-order valence-electron chi connectivity index (χ3n) is 3.09. The summed E-state index contributed by atoms with van der Waals surface area (Å²) in [6, 6.07) is 10.0.